The summed E-state index contributed by atoms with van der Waals surface area (Å²) in [7, 11) is 2.13. The fourth-order valence-electron chi connectivity index (χ4n) is 4.78. The third kappa shape index (κ3) is 6.51. The highest BCUT2D eigenvalue weighted by atomic mass is 16.5. The molecule has 4 heterocycles. The van der Waals surface area contributed by atoms with Crippen LogP contribution in [0.1, 0.15) is 12.8 Å². The van der Waals surface area contributed by atoms with Gasteiger partial charge in [-0.25, -0.2) is 19.9 Å². The first-order valence-electron chi connectivity index (χ1n) is 12.9. The van der Waals surface area contributed by atoms with Gasteiger partial charge in [0.25, 0.3) is 0 Å². The Morgan fingerprint density at radius 3 is 2.51 bits per heavy atom. The Kier molecular flexibility index (Phi) is 8.05. The second-order valence-corrected chi connectivity index (χ2v) is 9.56. The SMILES string of the molecule is CN1CCN(c2cc(OCCNC(=O)C3CCCN(c4cc(-c5ccccc5)ncn4)C3)ncn2)CC1. The molecule has 1 aromatic carbocycles. The molecule has 194 valence electrons. The van der Waals surface area contributed by atoms with Crippen LogP contribution in [0, 0.1) is 5.92 Å². The van der Waals surface area contributed by atoms with E-state index in [2.05, 4.69) is 47.0 Å². The molecule has 37 heavy (non-hydrogen) atoms. The molecule has 5 rings (SSSR count). The third-order valence-electron chi connectivity index (χ3n) is 6.94. The molecular weight excluding hydrogens is 468 g/mol. The van der Waals surface area contributed by atoms with Gasteiger partial charge in [0.05, 0.1) is 18.2 Å². The molecule has 1 unspecified atom stereocenters. The topological polar surface area (TPSA) is 99.6 Å². The molecule has 2 saturated heterocycles. The first-order chi connectivity index (χ1) is 18.2. The Morgan fingerprint density at radius 2 is 1.70 bits per heavy atom. The number of piperidine rings is 1. The van der Waals surface area contributed by atoms with Gasteiger partial charge < -0.3 is 24.8 Å². The average Bonchev–Trinajstić information content (AvgIpc) is 2.96. The van der Waals surface area contributed by atoms with Gasteiger partial charge in [0.15, 0.2) is 0 Å². The minimum Gasteiger partial charge on any atom is -0.476 e. The Bertz CT molecular complexity index is 1170. The van der Waals surface area contributed by atoms with E-state index < -0.39 is 0 Å². The van der Waals surface area contributed by atoms with Gasteiger partial charge in [-0.1, -0.05) is 30.3 Å². The van der Waals surface area contributed by atoms with E-state index in [0.717, 1.165) is 68.5 Å². The number of carbonyl (C=O) groups is 1. The molecule has 2 aliphatic heterocycles. The van der Waals surface area contributed by atoms with Crippen LogP contribution in [0.15, 0.2) is 55.1 Å². The zero-order chi connectivity index (χ0) is 25.5. The lowest BCUT2D eigenvalue weighted by molar-refractivity contribution is -0.125. The summed E-state index contributed by atoms with van der Waals surface area (Å²) in [6, 6.07) is 13.9. The molecule has 0 spiro atoms. The van der Waals surface area contributed by atoms with Gasteiger partial charge in [0.2, 0.25) is 11.8 Å². The van der Waals surface area contributed by atoms with Crippen molar-refractivity contribution in [2.75, 3.05) is 69.3 Å². The number of hydrogen-bond acceptors (Lipinski definition) is 9. The molecule has 0 saturated carbocycles. The van der Waals surface area contributed by atoms with E-state index in [0.29, 0.717) is 25.6 Å². The van der Waals surface area contributed by atoms with Gasteiger partial charge >= 0.3 is 0 Å². The van der Waals surface area contributed by atoms with Gasteiger partial charge in [-0.3, -0.25) is 4.79 Å². The number of aromatic nitrogens is 4. The smallest absolute Gasteiger partial charge is 0.225 e. The lowest BCUT2D eigenvalue weighted by Gasteiger charge is -2.33. The maximum Gasteiger partial charge on any atom is 0.225 e. The molecule has 0 bridgehead atoms. The van der Waals surface area contributed by atoms with E-state index in [1.165, 1.54) is 6.33 Å². The number of amides is 1. The largest absolute Gasteiger partial charge is 0.476 e. The van der Waals surface area contributed by atoms with E-state index in [1.807, 2.05) is 42.5 Å². The zero-order valence-corrected chi connectivity index (χ0v) is 21.3. The highest BCUT2D eigenvalue weighted by molar-refractivity contribution is 5.79. The second-order valence-electron chi connectivity index (χ2n) is 9.56. The summed E-state index contributed by atoms with van der Waals surface area (Å²) in [6.07, 6.45) is 4.94. The van der Waals surface area contributed by atoms with Crippen molar-refractivity contribution in [3.63, 3.8) is 0 Å². The number of benzene rings is 1. The van der Waals surface area contributed by atoms with Crippen LogP contribution >= 0.6 is 0 Å². The fraction of sp³-hybridized carbons (Fsp3) is 0.444. The molecule has 2 fully saturated rings. The Labute approximate surface area is 217 Å². The first-order valence-corrected chi connectivity index (χ1v) is 12.9. The van der Waals surface area contributed by atoms with Crippen molar-refractivity contribution in [3.05, 3.63) is 55.1 Å². The molecule has 3 aromatic rings. The average molecular weight is 503 g/mol. The highest BCUT2D eigenvalue weighted by Gasteiger charge is 2.26. The van der Waals surface area contributed by atoms with E-state index in [1.54, 1.807) is 6.33 Å². The van der Waals surface area contributed by atoms with E-state index >= 15 is 0 Å². The molecular formula is C27H34N8O2. The lowest BCUT2D eigenvalue weighted by atomic mass is 9.97. The van der Waals surface area contributed by atoms with E-state index in [9.17, 15) is 4.79 Å². The van der Waals surface area contributed by atoms with Crippen LogP contribution in [0.3, 0.4) is 0 Å². The number of anilines is 2. The minimum absolute atomic E-state index is 0.0476. The molecule has 10 heteroatoms. The van der Waals surface area contributed by atoms with Crippen LogP contribution in [-0.4, -0.2) is 90.2 Å². The van der Waals surface area contributed by atoms with Crippen molar-refractivity contribution in [2.45, 2.75) is 12.8 Å². The number of nitrogens with zero attached hydrogens (tertiary/aromatic N) is 7. The molecule has 2 aromatic heterocycles. The number of carbonyl (C=O) groups excluding carboxylic acids is 1. The van der Waals surface area contributed by atoms with Crippen LogP contribution < -0.4 is 19.9 Å². The first kappa shape index (κ1) is 24.9. The summed E-state index contributed by atoms with van der Waals surface area (Å²) in [5.74, 6) is 2.22. The molecule has 1 amide bonds. The standard InChI is InChI=1S/C27H34N8O2/c1-33-11-13-34(14-12-33)25-17-26(32-20-31-25)37-15-9-28-27(36)22-8-5-10-35(18-22)24-16-23(29-19-30-24)21-6-3-2-4-7-21/h2-4,6-7,16-17,19-20,22H,5,8-15,18H2,1H3,(H,28,36). The Morgan fingerprint density at radius 1 is 0.946 bits per heavy atom. The Balaban J connectivity index is 1.10. The van der Waals surface area contributed by atoms with Crippen molar-refractivity contribution in [1.29, 1.82) is 0 Å². The number of likely N-dealkylation sites (N-methyl/N-ethyl adjacent to an activating group) is 1. The summed E-state index contributed by atoms with van der Waals surface area (Å²) in [4.78, 5) is 37.1. The number of nitrogens with one attached hydrogen (secondary N) is 1. The normalized spacial score (nSPS) is 18.5. The number of hydrogen-bond donors (Lipinski definition) is 1. The third-order valence-corrected chi connectivity index (χ3v) is 6.94. The van der Waals surface area contributed by atoms with Crippen LogP contribution in [-0.2, 0) is 4.79 Å². The number of ether oxygens (including phenoxy) is 1. The summed E-state index contributed by atoms with van der Waals surface area (Å²) < 4.78 is 5.81. The van der Waals surface area contributed by atoms with Gasteiger partial charge in [-0.2, -0.15) is 0 Å². The van der Waals surface area contributed by atoms with Crippen LogP contribution in [0.5, 0.6) is 5.88 Å². The summed E-state index contributed by atoms with van der Waals surface area (Å²) >= 11 is 0. The maximum atomic E-state index is 12.9. The second kappa shape index (κ2) is 12.0. The molecule has 1 N–H and O–H groups in total. The quantitative estimate of drug-likeness (QED) is 0.464. The fourth-order valence-corrected chi connectivity index (χ4v) is 4.78. The summed E-state index contributed by atoms with van der Waals surface area (Å²) in [5, 5.41) is 3.03. The van der Waals surface area contributed by atoms with Crippen molar-refractivity contribution >= 4 is 17.5 Å². The zero-order valence-electron chi connectivity index (χ0n) is 21.3. The lowest BCUT2D eigenvalue weighted by Crippen LogP contribution is -2.44. The van der Waals surface area contributed by atoms with Crippen LogP contribution in [0.4, 0.5) is 11.6 Å². The van der Waals surface area contributed by atoms with Crippen LogP contribution in [0.25, 0.3) is 11.3 Å². The minimum atomic E-state index is -0.0909. The molecule has 10 nitrogen and oxygen atoms in total. The number of piperazine rings is 1. The van der Waals surface area contributed by atoms with Crippen LogP contribution in [0.2, 0.25) is 0 Å². The summed E-state index contributed by atoms with van der Waals surface area (Å²) in [6.45, 7) is 6.18. The molecule has 2 aliphatic rings. The van der Waals surface area contributed by atoms with Gasteiger partial charge in [0.1, 0.15) is 30.9 Å². The van der Waals surface area contributed by atoms with Crippen molar-refractivity contribution in [2.24, 2.45) is 5.92 Å². The predicted molar refractivity (Wildman–Crippen MR) is 143 cm³/mol. The van der Waals surface area contributed by atoms with Gasteiger partial charge in [0, 0.05) is 57.0 Å². The number of rotatable bonds is 8. The molecule has 0 radical (unpaired) electrons. The van der Waals surface area contributed by atoms with Crippen molar-refractivity contribution < 1.29 is 9.53 Å². The molecule has 1 atom stereocenters. The van der Waals surface area contributed by atoms with E-state index in [4.69, 9.17) is 4.74 Å². The maximum absolute atomic E-state index is 12.9. The molecule has 0 aliphatic carbocycles. The monoisotopic (exact) mass is 502 g/mol. The van der Waals surface area contributed by atoms with E-state index in [-0.39, 0.29) is 11.8 Å². The van der Waals surface area contributed by atoms with Crippen molar-refractivity contribution in [3.8, 4) is 17.1 Å². The van der Waals surface area contributed by atoms with Crippen molar-refractivity contribution in [1.82, 2.24) is 30.2 Å². The summed E-state index contributed by atoms with van der Waals surface area (Å²) in [5.41, 5.74) is 1.94. The predicted octanol–water partition coefficient (Wildman–Crippen LogP) is 2.10. The van der Waals surface area contributed by atoms with Gasteiger partial charge in [-0.05, 0) is 19.9 Å². The van der Waals surface area contributed by atoms with Gasteiger partial charge in [-0.15, -0.1) is 0 Å². The highest BCUT2D eigenvalue weighted by Crippen LogP contribution is 2.25. The Hall–Kier alpha value is -3.79.